The largest absolute Gasteiger partial charge is 0.472 e. The van der Waals surface area contributed by atoms with E-state index in [0.717, 1.165) is 45.5 Å². The molecule has 15 heteroatoms. The first-order valence-corrected chi connectivity index (χ1v) is 15.2. The van der Waals surface area contributed by atoms with Gasteiger partial charge in [0.25, 0.3) is 0 Å². The van der Waals surface area contributed by atoms with E-state index in [1.54, 1.807) is 0 Å². The normalized spacial score (nSPS) is 24.8. The minimum Gasteiger partial charge on any atom is -0.472 e. The van der Waals surface area contributed by atoms with Gasteiger partial charge >= 0.3 is 12.2 Å². The Balaban J connectivity index is 1.37. The molecule has 3 aromatic rings. The number of ether oxygens (including phenoxy) is 3. The minimum absolute atomic E-state index is 0.0525. The number of benzene rings is 1. The van der Waals surface area contributed by atoms with E-state index in [9.17, 15) is 17.6 Å². The lowest BCUT2D eigenvalue weighted by Gasteiger charge is -2.42. The number of fused-ring (bicyclic) bond motifs is 5. The summed E-state index contributed by atoms with van der Waals surface area (Å²) in [6.45, 7) is 7.33. The van der Waals surface area contributed by atoms with Gasteiger partial charge in [0.1, 0.15) is 34.3 Å². The van der Waals surface area contributed by atoms with E-state index < -0.39 is 52.0 Å². The van der Waals surface area contributed by atoms with Crippen LogP contribution in [0.2, 0.25) is 0 Å². The lowest BCUT2D eigenvalue weighted by Crippen LogP contribution is -2.62. The zero-order valence-corrected chi connectivity index (χ0v) is 24.9. The number of hydrogen-bond acceptors (Lipinski definition) is 10. The van der Waals surface area contributed by atoms with E-state index in [4.69, 9.17) is 24.9 Å². The summed E-state index contributed by atoms with van der Waals surface area (Å²) in [6, 6.07) is 0.667. The molecule has 4 atom stereocenters. The van der Waals surface area contributed by atoms with Gasteiger partial charge in [-0.05, 0) is 44.7 Å². The Morgan fingerprint density at radius 1 is 1.11 bits per heavy atom. The van der Waals surface area contributed by atoms with Crippen molar-refractivity contribution in [2.24, 2.45) is 0 Å². The van der Waals surface area contributed by atoms with Crippen molar-refractivity contribution in [2.75, 3.05) is 56.6 Å². The highest BCUT2D eigenvalue weighted by atomic mass is 19.4. The van der Waals surface area contributed by atoms with Crippen molar-refractivity contribution in [3.8, 4) is 23.1 Å². The molecule has 1 aromatic carbocycles. The third-order valence-electron chi connectivity index (χ3n) is 9.25. The number of aromatic nitrogens is 3. The van der Waals surface area contributed by atoms with Gasteiger partial charge in [-0.2, -0.15) is 23.1 Å². The molecule has 3 saturated heterocycles. The number of alkyl halides is 3. The lowest BCUT2D eigenvalue weighted by molar-refractivity contribution is -0.137. The third-order valence-corrected chi connectivity index (χ3v) is 9.25. The number of piperazine rings is 1. The van der Waals surface area contributed by atoms with Crippen molar-refractivity contribution in [2.45, 2.75) is 63.5 Å². The molecule has 3 N–H and O–H groups in total. The van der Waals surface area contributed by atoms with Crippen molar-refractivity contribution < 1.29 is 36.2 Å². The number of halogens is 5. The quantitative estimate of drug-likeness (QED) is 0.234. The van der Waals surface area contributed by atoms with E-state index in [1.807, 2.05) is 6.92 Å². The van der Waals surface area contributed by atoms with Gasteiger partial charge in [0, 0.05) is 43.8 Å². The molecule has 0 spiro atoms. The Labute approximate surface area is 256 Å². The van der Waals surface area contributed by atoms with Gasteiger partial charge in [-0.1, -0.05) is 0 Å². The van der Waals surface area contributed by atoms with Gasteiger partial charge in [-0.25, -0.2) is 13.8 Å². The zero-order chi connectivity index (χ0) is 31.6. The standard InChI is InChI=1S/C30H34F5N7O3/c1-14-21(30(33,34)35)17(12-18(36)22(14)31)24-23(32)25-20-27(40-29(39-25)44-9-3-6-41-7-10-43-11-8-41)42-13-16-4-5-19(37-16)26(42)15(2)45-28(20)38-24/h12,15-16,19,26,37H,3-11,13,36H2,1-2H3/t15-,16+,19-,26+/m0/s1. The first-order chi connectivity index (χ1) is 21.5. The number of nitrogen functional groups attached to an aromatic ring is 1. The SMILES string of the molecule is Cc1c(F)c(N)cc(-c2nc3c4c(nc(OCCCN5CCOCC5)nc4c2F)N2C[C@H]4CC[C@H](N4)[C@H]2[C@H](C)O3)c1C(F)(F)F. The number of rotatable bonds is 6. The number of hydrogen-bond donors (Lipinski definition) is 2. The highest BCUT2D eigenvalue weighted by molar-refractivity contribution is 5.97. The molecule has 7 rings (SSSR count). The van der Waals surface area contributed by atoms with E-state index in [0.29, 0.717) is 32.0 Å². The van der Waals surface area contributed by atoms with Gasteiger partial charge in [0.05, 0.1) is 37.1 Å². The second-order valence-corrected chi connectivity index (χ2v) is 12.1. The molecule has 0 amide bonds. The molecule has 4 aliphatic rings. The number of morpholine rings is 1. The van der Waals surface area contributed by atoms with E-state index in [1.165, 1.54) is 0 Å². The van der Waals surface area contributed by atoms with Crippen LogP contribution in [-0.2, 0) is 10.9 Å². The monoisotopic (exact) mass is 635 g/mol. The Kier molecular flexibility index (Phi) is 7.60. The summed E-state index contributed by atoms with van der Waals surface area (Å²) in [5.41, 5.74) is 1.35. The number of nitrogens with one attached hydrogen (secondary N) is 1. The minimum atomic E-state index is -5.03. The van der Waals surface area contributed by atoms with Gasteiger partial charge < -0.3 is 30.2 Å². The van der Waals surface area contributed by atoms with Crippen LogP contribution in [0.4, 0.5) is 33.5 Å². The van der Waals surface area contributed by atoms with E-state index in [2.05, 4.69) is 25.1 Å². The predicted octanol–water partition coefficient (Wildman–Crippen LogP) is 4.07. The second-order valence-electron chi connectivity index (χ2n) is 12.1. The molecule has 6 heterocycles. The van der Waals surface area contributed by atoms with E-state index in [-0.39, 0.29) is 47.5 Å². The molecular weight excluding hydrogens is 601 g/mol. The Morgan fingerprint density at radius 3 is 2.64 bits per heavy atom. The van der Waals surface area contributed by atoms with E-state index >= 15 is 4.39 Å². The molecule has 0 unspecified atom stereocenters. The molecule has 10 nitrogen and oxygen atoms in total. The van der Waals surface area contributed by atoms with Gasteiger partial charge in [-0.3, -0.25) is 4.90 Å². The molecule has 3 fully saturated rings. The van der Waals surface area contributed by atoms with Crippen LogP contribution in [0.1, 0.15) is 37.3 Å². The highest BCUT2D eigenvalue weighted by Crippen LogP contribution is 2.47. The van der Waals surface area contributed by atoms with Crippen molar-refractivity contribution >= 4 is 22.4 Å². The summed E-state index contributed by atoms with van der Waals surface area (Å²) >= 11 is 0. The van der Waals surface area contributed by atoms with Gasteiger partial charge in [0.2, 0.25) is 5.88 Å². The van der Waals surface area contributed by atoms with Gasteiger partial charge in [0.15, 0.2) is 5.82 Å². The maximum Gasteiger partial charge on any atom is 0.417 e. The summed E-state index contributed by atoms with van der Waals surface area (Å²) in [5.74, 6) is -2.12. The second kappa shape index (κ2) is 11.4. The van der Waals surface area contributed by atoms with Crippen molar-refractivity contribution in [1.29, 1.82) is 0 Å². The topological polar surface area (TPSA) is 111 Å². The molecule has 45 heavy (non-hydrogen) atoms. The van der Waals surface area contributed by atoms with Crippen LogP contribution in [0.15, 0.2) is 6.07 Å². The fraction of sp³-hybridized carbons (Fsp3) is 0.567. The number of pyridine rings is 1. The Morgan fingerprint density at radius 2 is 1.89 bits per heavy atom. The maximum atomic E-state index is 16.6. The Hall–Kier alpha value is -3.56. The Bertz CT molecular complexity index is 1630. The summed E-state index contributed by atoms with van der Waals surface area (Å²) < 4.78 is 91.9. The van der Waals surface area contributed by atoms with Crippen LogP contribution in [0.5, 0.6) is 11.9 Å². The van der Waals surface area contributed by atoms with Crippen LogP contribution in [-0.4, -0.2) is 90.1 Å². The molecule has 2 bridgehead atoms. The van der Waals surface area contributed by atoms with Crippen LogP contribution in [0.25, 0.3) is 22.2 Å². The smallest absolute Gasteiger partial charge is 0.417 e. The highest BCUT2D eigenvalue weighted by Gasteiger charge is 2.47. The average Bonchev–Trinajstić information content (AvgIpc) is 3.33. The summed E-state index contributed by atoms with van der Waals surface area (Å²) in [6.07, 6.45) is -3.03. The summed E-state index contributed by atoms with van der Waals surface area (Å²) in [5, 5.41) is 3.75. The lowest BCUT2D eigenvalue weighted by atomic mass is 9.96. The molecule has 0 aliphatic carbocycles. The molecular formula is C30H34F5N7O3. The van der Waals surface area contributed by atoms with Crippen molar-refractivity contribution in [1.82, 2.24) is 25.2 Å². The van der Waals surface area contributed by atoms with Crippen LogP contribution < -0.4 is 25.4 Å². The molecule has 242 valence electrons. The fourth-order valence-electron chi connectivity index (χ4n) is 7.18. The zero-order valence-electron chi connectivity index (χ0n) is 24.9. The first-order valence-electron chi connectivity index (χ1n) is 15.2. The number of nitrogens with zero attached hydrogens (tertiary/aromatic N) is 5. The predicted molar refractivity (Wildman–Crippen MR) is 155 cm³/mol. The summed E-state index contributed by atoms with van der Waals surface area (Å²) in [4.78, 5) is 17.7. The molecule has 4 aliphatic heterocycles. The summed E-state index contributed by atoms with van der Waals surface area (Å²) in [7, 11) is 0. The number of anilines is 2. The molecule has 0 radical (unpaired) electrons. The molecule has 0 saturated carbocycles. The maximum absolute atomic E-state index is 16.6. The van der Waals surface area contributed by atoms with Crippen LogP contribution in [0.3, 0.4) is 0 Å². The van der Waals surface area contributed by atoms with Crippen LogP contribution >= 0.6 is 0 Å². The van der Waals surface area contributed by atoms with Crippen molar-refractivity contribution in [3.63, 3.8) is 0 Å². The van der Waals surface area contributed by atoms with Crippen molar-refractivity contribution in [3.05, 3.63) is 28.8 Å². The third kappa shape index (κ3) is 5.27. The first kappa shape index (κ1) is 30.1. The fourth-order valence-corrected chi connectivity index (χ4v) is 7.18. The van der Waals surface area contributed by atoms with Crippen LogP contribution in [0, 0.1) is 18.6 Å². The molecule has 2 aromatic heterocycles. The average molecular weight is 636 g/mol. The van der Waals surface area contributed by atoms with Gasteiger partial charge in [-0.15, -0.1) is 0 Å². The number of nitrogens with two attached hydrogens (primary N) is 1.